The SMILES string of the molecule is CC(C)(C)OCC(=O)Nc1sccc1C#N. The number of nitrogens with zero attached hydrogens (tertiary/aromatic N) is 1. The summed E-state index contributed by atoms with van der Waals surface area (Å²) in [6.07, 6.45) is 0. The van der Waals surface area contributed by atoms with Crippen LogP contribution >= 0.6 is 11.3 Å². The Labute approximate surface area is 98.8 Å². The molecule has 0 fully saturated rings. The molecule has 1 aromatic heterocycles. The zero-order valence-corrected chi connectivity index (χ0v) is 10.4. The first-order valence-corrected chi connectivity index (χ1v) is 5.72. The summed E-state index contributed by atoms with van der Waals surface area (Å²) in [5.41, 5.74) is 0.138. The predicted octanol–water partition coefficient (Wildman–Crippen LogP) is 2.37. The van der Waals surface area contributed by atoms with E-state index < -0.39 is 0 Å². The monoisotopic (exact) mass is 238 g/mol. The molecule has 0 atom stereocenters. The molecule has 0 aliphatic carbocycles. The lowest BCUT2D eigenvalue weighted by Crippen LogP contribution is -2.27. The third-order valence-electron chi connectivity index (χ3n) is 1.67. The smallest absolute Gasteiger partial charge is 0.251 e. The zero-order valence-electron chi connectivity index (χ0n) is 9.53. The van der Waals surface area contributed by atoms with Crippen molar-refractivity contribution < 1.29 is 9.53 Å². The quantitative estimate of drug-likeness (QED) is 0.879. The van der Waals surface area contributed by atoms with Gasteiger partial charge in [0.15, 0.2) is 0 Å². The highest BCUT2D eigenvalue weighted by Crippen LogP contribution is 2.22. The van der Waals surface area contributed by atoms with Gasteiger partial charge in [-0.05, 0) is 32.2 Å². The highest BCUT2D eigenvalue weighted by atomic mass is 32.1. The molecule has 0 aliphatic rings. The second-order valence-electron chi connectivity index (χ2n) is 4.22. The minimum atomic E-state index is -0.342. The van der Waals surface area contributed by atoms with Crippen molar-refractivity contribution >= 4 is 22.2 Å². The topological polar surface area (TPSA) is 62.1 Å². The maximum Gasteiger partial charge on any atom is 0.251 e. The first-order chi connectivity index (χ1) is 7.42. The molecule has 1 amide bonds. The van der Waals surface area contributed by atoms with Gasteiger partial charge in [0, 0.05) is 0 Å². The van der Waals surface area contributed by atoms with Crippen LogP contribution in [0.5, 0.6) is 0 Å². The van der Waals surface area contributed by atoms with E-state index in [0.717, 1.165) is 0 Å². The summed E-state index contributed by atoms with van der Waals surface area (Å²) in [4.78, 5) is 11.5. The number of nitrogens with one attached hydrogen (secondary N) is 1. The van der Waals surface area contributed by atoms with E-state index in [1.54, 1.807) is 11.4 Å². The fraction of sp³-hybridized carbons (Fsp3) is 0.455. The summed E-state index contributed by atoms with van der Waals surface area (Å²) < 4.78 is 5.32. The number of carbonyl (C=O) groups excluding carboxylic acids is 1. The van der Waals surface area contributed by atoms with E-state index in [1.807, 2.05) is 26.8 Å². The second kappa shape index (κ2) is 5.10. The van der Waals surface area contributed by atoms with E-state index in [4.69, 9.17) is 10.00 Å². The lowest BCUT2D eigenvalue weighted by molar-refractivity contribution is -0.125. The number of hydrogen-bond donors (Lipinski definition) is 1. The summed E-state index contributed by atoms with van der Waals surface area (Å²) in [6, 6.07) is 3.68. The van der Waals surface area contributed by atoms with Crippen LogP contribution in [0.1, 0.15) is 26.3 Å². The Morgan fingerprint density at radius 3 is 2.88 bits per heavy atom. The van der Waals surface area contributed by atoms with Gasteiger partial charge in [0.25, 0.3) is 5.91 Å². The highest BCUT2D eigenvalue weighted by Gasteiger charge is 2.14. The van der Waals surface area contributed by atoms with Gasteiger partial charge in [-0.15, -0.1) is 11.3 Å². The number of nitriles is 1. The van der Waals surface area contributed by atoms with E-state index in [1.165, 1.54) is 11.3 Å². The molecule has 0 unspecified atom stereocenters. The van der Waals surface area contributed by atoms with Crippen LogP contribution in [0.25, 0.3) is 0 Å². The van der Waals surface area contributed by atoms with Crippen LogP contribution in [-0.2, 0) is 9.53 Å². The first-order valence-electron chi connectivity index (χ1n) is 4.84. The summed E-state index contributed by atoms with van der Waals surface area (Å²) in [5, 5.41) is 13.7. The fourth-order valence-electron chi connectivity index (χ4n) is 0.939. The van der Waals surface area contributed by atoms with Gasteiger partial charge in [-0.3, -0.25) is 4.79 Å². The number of amides is 1. The van der Waals surface area contributed by atoms with Gasteiger partial charge in [-0.2, -0.15) is 5.26 Å². The van der Waals surface area contributed by atoms with Crippen LogP contribution in [0.15, 0.2) is 11.4 Å². The van der Waals surface area contributed by atoms with Crippen molar-refractivity contribution in [1.29, 1.82) is 5.26 Å². The summed E-state index contributed by atoms with van der Waals surface area (Å²) in [5.74, 6) is -0.242. The molecule has 0 aliphatic heterocycles. The van der Waals surface area contributed by atoms with Gasteiger partial charge in [0.05, 0.1) is 11.2 Å². The number of carbonyl (C=O) groups is 1. The molecule has 1 aromatic rings. The van der Waals surface area contributed by atoms with Crippen molar-refractivity contribution in [2.45, 2.75) is 26.4 Å². The maximum atomic E-state index is 11.5. The molecule has 4 nitrogen and oxygen atoms in total. The molecule has 1 N–H and O–H groups in total. The molecule has 16 heavy (non-hydrogen) atoms. The van der Waals surface area contributed by atoms with Crippen LogP contribution in [0, 0.1) is 11.3 Å². The van der Waals surface area contributed by atoms with Crippen LogP contribution in [-0.4, -0.2) is 18.1 Å². The zero-order chi connectivity index (χ0) is 12.2. The molecule has 0 saturated carbocycles. The van der Waals surface area contributed by atoms with Crippen LogP contribution in [0.2, 0.25) is 0 Å². The Bertz CT molecular complexity index is 412. The van der Waals surface area contributed by atoms with E-state index in [0.29, 0.717) is 10.6 Å². The van der Waals surface area contributed by atoms with Gasteiger partial charge < -0.3 is 10.1 Å². The van der Waals surface area contributed by atoms with Gasteiger partial charge in [0.2, 0.25) is 0 Å². The van der Waals surface area contributed by atoms with Crippen LogP contribution in [0.4, 0.5) is 5.00 Å². The van der Waals surface area contributed by atoms with E-state index in [2.05, 4.69) is 5.32 Å². The number of hydrogen-bond acceptors (Lipinski definition) is 4. The highest BCUT2D eigenvalue weighted by molar-refractivity contribution is 7.14. The average molecular weight is 238 g/mol. The van der Waals surface area contributed by atoms with E-state index in [-0.39, 0.29) is 18.1 Å². The lowest BCUT2D eigenvalue weighted by Gasteiger charge is -2.18. The number of rotatable bonds is 3. The van der Waals surface area contributed by atoms with Crippen LogP contribution in [0.3, 0.4) is 0 Å². The van der Waals surface area contributed by atoms with Crippen LogP contribution < -0.4 is 5.32 Å². The van der Waals surface area contributed by atoms with Gasteiger partial charge in [0.1, 0.15) is 17.7 Å². The minimum Gasteiger partial charge on any atom is -0.366 e. The van der Waals surface area contributed by atoms with Crippen molar-refractivity contribution in [3.05, 3.63) is 17.0 Å². The molecular weight excluding hydrogens is 224 g/mol. The Kier molecular flexibility index (Phi) is 4.05. The molecule has 0 saturated heterocycles. The Morgan fingerprint density at radius 2 is 2.31 bits per heavy atom. The number of ether oxygens (including phenoxy) is 1. The second-order valence-corrected chi connectivity index (χ2v) is 5.14. The van der Waals surface area contributed by atoms with E-state index in [9.17, 15) is 4.79 Å². The standard InChI is InChI=1S/C11H14N2O2S/c1-11(2,3)15-7-9(14)13-10-8(6-12)4-5-16-10/h4-5H,7H2,1-3H3,(H,13,14). The average Bonchev–Trinajstić information content (AvgIpc) is 2.61. The van der Waals surface area contributed by atoms with Crippen molar-refractivity contribution in [1.82, 2.24) is 0 Å². The molecular formula is C11H14N2O2S. The molecule has 86 valence electrons. The third kappa shape index (κ3) is 4.01. The van der Waals surface area contributed by atoms with E-state index >= 15 is 0 Å². The molecule has 1 heterocycles. The normalized spacial score (nSPS) is 10.9. The molecule has 0 spiro atoms. The Balaban J connectivity index is 2.50. The summed E-state index contributed by atoms with van der Waals surface area (Å²) in [6.45, 7) is 5.64. The van der Waals surface area contributed by atoms with Crippen molar-refractivity contribution in [3.63, 3.8) is 0 Å². The summed E-state index contributed by atoms with van der Waals surface area (Å²) >= 11 is 1.33. The first kappa shape index (κ1) is 12.7. The Hall–Kier alpha value is -1.38. The molecule has 0 bridgehead atoms. The number of anilines is 1. The van der Waals surface area contributed by atoms with Gasteiger partial charge >= 0.3 is 0 Å². The summed E-state index contributed by atoms with van der Waals surface area (Å²) in [7, 11) is 0. The molecule has 1 rings (SSSR count). The molecule has 0 aromatic carbocycles. The minimum absolute atomic E-state index is 0.00767. The maximum absolute atomic E-state index is 11.5. The lowest BCUT2D eigenvalue weighted by atomic mass is 10.2. The largest absolute Gasteiger partial charge is 0.366 e. The number of thiophene rings is 1. The Morgan fingerprint density at radius 1 is 1.62 bits per heavy atom. The van der Waals surface area contributed by atoms with Crippen molar-refractivity contribution in [3.8, 4) is 6.07 Å². The van der Waals surface area contributed by atoms with Gasteiger partial charge in [-0.25, -0.2) is 0 Å². The van der Waals surface area contributed by atoms with Crippen molar-refractivity contribution in [2.75, 3.05) is 11.9 Å². The molecule has 0 radical (unpaired) electrons. The predicted molar refractivity (Wildman–Crippen MR) is 63.4 cm³/mol. The van der Waals surface area contributed by atoms with Crippen molar-refractivity contribution in [2.24, 2.45) is 0 Å². The molecule has 5 heteroatoms. The fourth-order valence-corrected chi connectivity index (χ4v) is 1.69. The van der Waals surface area contributed by atoms with Gasteiger partial charge in [-0.1, -0.05) is 0 Å². The third-order valence-corrected chi connectivity index (χ3v) is 2.50.